The number of nitrogens with one attached hydrogen (secondary N) is 1. The molecule has 174 valence electrons. The number of hydrogen-bond acceptors (Lipinski definition) is 5. The Labute approximate surface area is 200 Å². The van der Waals surface area contributed by atoms with Crippen molar-refractivity contribution in [1.29, 1.82) is 0 Å². The summed E-state index contributed by atoms with van der Waals surface area (Å²) in [5.74, 6) is 1.21. The van der Waals surface area contributed by atoms with Crippen LogP contribution in [0.3, 0.4) is 0 Å². The summed E-state index contributed by atoms with van der Waals surface area (Å²) < 4.78 is 17.1. The van der Waals surface area contributed by atoms with E-state index in [9.17, 15) is 4.79 Å². The molecule has 3 aromatic carbocycles. The summed E-state index contributed by atoms with van der Waals surface area (Å²) in [5.41, 5.74) is 7.89. The van der Waals surface area contributed by atoms with Gasteiger partial charge in [0.25, 0.3) is 0 Å². The van der Waals surface area contributed by atoms with Crippen molar-refractivity contribution in [3.63, 3.8) is 0 Å². The summed E-state index contributed by atoms with van der Waals surface area (Å²) in [4.78, 5) is 12.4. The van der Waals surface area contributed by atoms with Crippen molar-refractivity contribution in [3.8, 4) is 22.6 Å². The lowest BCUT2D eigenvalue weighted by Crippen LogP contribution is -2.34. The van der Waals surface area contributed by atoms with Crippen molar-refractivity contribution in [1.82, 2.24) is 0 Å². The third-order valence-electron chi connectivity index (χ3n) is 6.61. The van der Waals surface area contributed by atoms with E-state index in [1.165, 1.54) is 11.1 Å². The predicted molar refractivity (Wildman–Crippen MR) is 134 cm³/mol. The summed E-state index contributed by atoms with van der Waals surface area (Å²) >= 11 is 0. The molecule has 5 heteroatoms. The van der Waals surface area contributed by atoms with Gasteiger partial charge in [0.05, 0.1) is 24.5 Å². The standard InChI is InChI=1S/C29H29NO4/c1-17(2)34-28(31)20-9-6-8-18(14-20)19-12-13-24-22(15-19)29(3,4)23-16-33-27-21(26(23)30-24)10-7-11-25(27)32-5/h6-15,17,30H,16H2,1-5H3. The first kappa shape index (κ1) is 22.1. The van der Waals surface area contributed by atoms with E-state index in [0.29, 0.717) is 12.2 Å². The molecule has 2 aliphatic heterocycles. The van der Waals surface area contributed by atoms with Gasteiger partial charge >= 0.3 is 5.97 Å². The first-order chi connectivity index (χ1) is 16.3. The average Bonchev–Trinajstić information content (AvgIpc) is 2.83. The average molecular weight is 456 g/mol. The second kappa shape index (κ2) is 8.24. The predicted octanol–water partition coefficient (Wildman–Crippen LogP) is 6.43. The van der Waals surface area contributed by atoms with Crippen molar-refractivity contribution >= 4 is 17.4 Å². The lowest BCUT2D eigenvalue weighted by atomic mass is 9.72. The van der Waals surface area contributed by atoms with E-state index in [-0.39, 0.29) is 17.5 Å². The Balaban J connectivity index is 1.55. The molecule has 0 saturated carbocycles. The Bertz CT molecular complexity index is 1320. The Kier molecular flexibility index (Phi) is 5.35. The lowest BCUT2D eigenvalue weighted by Gasteiger charge is -2.40. The highest BCUT2D eigenvalue weighted by atomic mass is 16.5. The van der Waals surface area contributed by atoms with E-state index in [0.717, 1.165) is 39.6 Å². The normalized spacial score (nSPS) is 15.5. The third kappa shape index (κ3) is 3.61. The van der Waals surface area contributed by atoms with Gasteiger partial charge in [-0.1, -0.05) is 38.1 Å². The Hall–Kier alpha value is -3.73. The van der Waals surface area contributed by atoms with Gasteiger partial charge < -0.3 is 19.5 Å². The van der Waals surface area contributed by atoms with Gasteiger partial charge in [0.15, 0.2) is 11.5 Å². The van der Waals surface area contributed by atoms with Crippen LogP contribution in [0.25, 0.3) is 16.8 Å². The summed E-state index contributed by atoms with van der Waals surface area (Å²) in [7, 11) is 1.66. The van der Waals surface area contributed by atoms with Gasteiger partial charge in [-0.25, -0.2) is 4.79 Å². The van der Waals surface area contributed by atoms with Crippen LogP contribution in [0.1, 0.15) is 49.2 Å². The Morgan fingerprint density at radius 2 is 1.79 bits per heavy atom. The number of ether oxygens (including phenoxy) is 3. The molecule has 2 aliphatic rings. The third-order valence-corrected chi connectivity index (χ3v) is 6.61. The first-order valence-electron chi connectivity index (χ1n) is 11.6. The minimum atomic E-state index is -0.306. The summed E-state index contributed by atoms with van der Waals surface area (Å²) in [6, 6.07) is 20.0. The Morgan fingerprint density at radius 1 is 1.03 bits per heavy atom. The fourth-order valence-electron chi connectivity index (χ4n) is 4.79. The quantitative estimate of drug-likeness (QED) is 0.459. The molecule has 5 rings (SSSR count). The maximum Gasteiger partial charge on any atom is 0.338 e. The van der Waals surface area contributed by atoms with E-state index >= 15 is 0 Å². The molecule has 0 spiro atoms. The largest absolute Gasteiger partial charge is 0.493 e. The van der Waals surface area contributed by atoms with E-state index in [4.69, 9.17) is 14.2 Å². The van der Waals surface area contributed by atoms with Crippen molar-refractivity contribution in [3.05, 3.63) is 82.9 Å². The van der Waals surface area contributed by atoms with Crippen LogP contribution in [-0.2, 0) is 10.2 Å². The number of esters is 1. The number of hydrogen-bond donors (Lipinski definition) is 1. The maximum atomic E-state index is 12.4. The van der Waals surface area contributed by atoms with Crippen molar-refractivity contribution < 1.29 is 19.0 Å². The minimum absolute atomic E-state index is 0.156. The molecule has 3 aromatic rings. The monoisotopic (exact) mass is 455 g/mol. The molecule has 0 radical (unpaired) electrons. The zero-order chi connectivity index (χ0) is 24.0. The van der Waals surface area contributed by atoms with E-state index in [1.807, 2.05) is 44.2 Å². The highest BCUT2D eigenvalue weighted by Gasteiger charge is 2.39. The van der Waals surface area contributed by atoms with Crippen LogP contribution < -0.4 is 14.8 Å². The number of benzene rings is 3. The molecule has 1 N–H and O–H groups in total. The molecule has 0 fully saturated rings. The molecule has 0 amide bonds. The SMILES string of the molecule is COc1cccc2c1OCC1=C2Nc2ccc(-c3cccc(C(=O)OC(C)C)c3)cc2C1(C)C. The zero-order valence-electron chi connectivity index (χ0n) is 20.2. The number of carbonyl (C=O) groups excluding carboxylic acids is 1. The van der Waals surface area contributed by atoms with E-state index in [1.54, 1.807) is 13.2 Å². The molecular formula is C29H29NO4. The summed E-state index contributed by atoms with van der Waals surface area (Å²) in [6.07, 6.45) is -0.156. The minimum Gasteiger partial charge on any atom is -0.493 e. The zero-order valence-corrected chi connectivity index (χ0v) is 20.2. The van der Waals surface area contributed by atoms with Gasteiger partial charge in [-0.15, -0.1) is 0 Å². The van der Waals surface area contributed by atoms with Crippen LogP contribution in [-0.4, -0.2) is 25.8 Å². The number of methoxy groups -OCH3 is 1. The summed E-state index contributed by atoms with van der Waals surface area (Å²) in [6.45, 7) is 8.66. The van der Waals surface area contributed by atoms with Gasteiger partial charge in [-0.05, 0) is 66.9 Å². The molecule has 0 bridgehead atoms. The van der Waals surface area contributed by atoms with Gasteiger partial charge in [0, 0.05) is 22.2 Å². The maximum absolute atomic E-state index is 12.4. The van der Waals surface area contributed by atoms with Crippen molar-refractivity contribution in [2.24, 2.45) is 0 Å². The lowest BCUT2D eigenvalue weighted by molar-refractivity contribution is 0.0378. The van der Waals surface area contributed by atoms with E-state index < -0.39 is 0 Å². The number of anilines is 1. The number of carbonyl (C=O) groups is 1. The first-order valence-corrected chi connectivity index (χ1v) is 11.6. The molecule has 5 nitrogen and oxygen atoms in total. The van der Waals surface area contributed by atoms with Gasteiger partial charge in [-0.2, -0.15) is 0 Å². The fraction of sp³-hybridized carbons (Fsp3) is 0.276. The molecule has 0 aliphatic carbocycles. The molecule has 34 heavy (non-hydrogen) atoms. The number of rotatable bonds is 4. The molecule has 0 unspecified atom stereocenters. The molecule has 0 aromatic heterocycles. The summed E-state index contributed by atoms with van der Waals surface area (Å²) in [5, 5.41) is 3.66. The second-order valence-corrected chi connectivity index (χ2v) is 9.52. The van der Waals surface area contributed by atoms with Crippen LogP contribution in [0.5, 0.6) is 11.5 Å². The van der Waals surface area contributed by atoms with Crippen LogP contribution in [0.2, 0.25) is 0 Å². The van der Waals surface area contributed by atoms with Gasteiger partial charge in [0.1, 0.15) is 6.61 Å². The highest BCUT2D eigenvalue weighted by molar-refractivity contribution is 5.92. The van der Waals surface area contributed by atoms with Crippen LogP contribution in [0, 0.1) is 0 Å². The number of fused-ring (bicyclic) bond motifs is 3. The topological polar surface area (TPSA) is 56.8 Å². The smallest absolute Gasteiger partial charge is 0.338 e. The van der Waals surface area contributed by atoms with E-state index in [2.05, 4.69) is 43.4 Å². The molecule has 2 heterocycles. The van der Waals surface area contributed by atoms with Crippen LogP contribution in [0.15, 0.2) is 66.2 Å². The second-order valence-electron chi connectivity index (χ2n) is 9.52. The van der Waals surface area contributed by atoms with Crippen molar-refractivity contribution in [2.75, 3.05) is 19.0 Å². The van der Waals surface area contributed by atoms with Gasteiger partial charge in [0.2, 0.25) is 0 Å². The highest BCUT2D eigenvalue weighted by Crippen LogP contribution is 2.50. The van der Waals surface area contributed by atoms with Crippen LogP contribution >= 0.6 is 0 Å². The molecule has 0 saturated heterocycles. The van der Waals surface area contributed by atoms with Gasteiger partial charge in [-0.3, -0.25) is 0 Å². The number of para-hydroxylation sites is 1. The molecule has 0 atom stereocenters. The van der Waals surface area contributed by atoms with Crippen LogP contribution in [0.4, 0.5) is 5.69 Å². The molecular weight excluding hydrogens is 426 g/mol. The van der Waals surface area contributed by atoms with Crippen molar-refractivity contribution in [2.45, 2.75) is 39.2 Å². The Morgan fingerprint density at radius 3 is 2.56 bits per heavy atom. The fourth-order valence-corrected chi connectivity index (χ4v) is 4.79.